The Morgan fingerprint density at radius 3 is 2.10 bits per heavy atom. The molecule has 0 aliphatic carbocycles. The van der Waals surface area contributed by atoms with E-state index in [1.807, 2.05) is 0 Å². The van der Waals surface area contributed by atoms with Crippen LogP contribution in [0.4, 0.5) is 0 Å². The molecule has 1 heterocycles. The lowest BCUT2D eigenvalue weighted by Gasteiger charge is -2.10. The summed E-state index contributed by atoms with van der Waals surface area (Å²) in [6.45, 7) is 4.26. The molecule has 2 aromatic carbocycles. The summed E-state index contributed by atoms with van der Waals surface area (Å²) >= 11 is 1.77. The van der Waals surface area contributed by atoms with Crippen molar-refractivity contribution in [3.8, 4) is 16.9 Å². The van der Waals surface area contributed by atoms with E-state index in [0.717, 1.165) is 0 Å². The minimum atomic E-state index is 1.21. The van der Waals surface area contributed by atoms with Crippen LogP contribution in [0.15, 0.2) is 65.7 Å². The molecular formula is C19H19NS. The van der Waals surface area contributed by atoms with Crippen molar-refractivity contribution in [2.24, 2.45) is 0 Å². The second-order valence-corrected chi connectivity index (χ2v) is 6.22. The SMILES string of the molecule is CSc1ccc(-n2cc(C)cc2-c2ccc(C)cc2)cc1. The number of nitrogens with zero attached hydrogens (tertiary/aromatic N) is 1. The zero-order chi connectivity index (χ0) is 14.8. The van der Waals surface area contributed by atoms with E-state index >= 15 is 0 Å². The van der Waals surface area contributed by atoms with Gasteiger partial charge < -0.3 is 4.57 Å². The Morgan fingerprint density at radius 1 is 0.810 bits per heavy atom. The van der Waals surface area contributed by atoms with Crippen LogP contribution in [-0.2, 0) is 0 Å². The monoisotopic (exact) mass is 293 g/mol. The molecule has 0 fully saturated rings. The average Bonchev–Trinajstić information content (AvgIpc) is 2.90. The largest absolute Gasteiger partial charge is 0.316 e. The zero-order valence-corrected chi connectivity index (χ0v) is 13.4. The first kappa shape index (κ1) is 14.0. The van der Waals surface area contributed by atoms with Crippen LogP contribution in [0.5, 0.6) is 0 Å². The van der Waals surface area contributed by atoms with E-state index in [-0.39, 0.29) is 0 Å². The van der Waals surface area contributed by atoms with Gasteiger partial charge in [0.2, 0.25) is 0 Å². The molecule has 21 heavy (non-hydrogen) atoms. The Kier molecular flexibility index (Phi) is 3.89. The fourth-order valence-electron chi connectivity index (χ4n) is 2.50. The van der Waals surface area contributed by atoms with Gasteiger partial charge >= 0.3 is 0 Å². The molecule has 0 radical (unpaired) electrons. The van der Waals surface area contributed by atoms with Crippen LogP contribution in [0.1, 0.15) is 11.1 Å². The maximum Gasteiger partial charge on any atom is 0.0531 e. The van der Waals surface area contributed by atoms with E-state index < -0.39 is 0 Å². The molecule has 0 aliphatic heterocycles. The lowest BCUT2D eigenvalue weighted by Crippen LogP contribution is -1.94. The lowest BCUT2D eigenvalue weighted by atomic mass is 10.1. The van der Waals surface area contributed by atoms with E-state index in [2.05, 4.69) is 85.5 Å². The van der Waals surface area contributed by atoms with Crippen LogP contribution in [0.25, 0.3) is 16.9 Å². The molecule has 1 nitrogen and oxygen atoms in total. The summed E-state index contributed by atoms with van der Waals surface area (Å²) in [5, 5.41) is 0. The van der Waals surface area contributed by atoms with E-state index in [0.29, 0.717) is 0 Å². The molecule has 0 amide bonds. The minimum absolute atomic E-state index is 1.21. The third-order valence-corrected chi connectivity index (χ3v) is 4.40. The van der Waals surface area contributed by atoms with Crippen molar-refractivity contribution in [1.29, 1.82) is 0 Å². The van der Waals surface area contributed by atoms with E-state index in [1.54, 1.807) is 11.8 Å². The van der Waals surface area contributed by atoms with Gasteiger partial charge in [0.1, 0.15) is 0 Å². The van der Waals surface area contributed by atoms with Crippen LogP contribution in [0, 0.1) is 13.8 Å². The first-order valence-corrected chi connectivity index (χ1v) is 8.30. The number of aryl methyl sites for hydroxylation is 2. The van der Waals surface area contributed by atoms with Crippen LogP contribution in [-0.4, -0.2) is 10.8 Å². The van der Waals surface area contributed by atoms with Crippen molar-refractivity contribution < 1.29 is 0 Å². The van der Waals surface area contributed by atoms with Crippen molar-refractivity contribution in [3.05, 3.63) is 71.9 Å². The van der Waals surface area contributed by atoms with Gasteiger partial charge in [0, 0.05) is 16.8 Å². The Hall–Kier alpha value is -1.93. The Morgan fingerprint density at radius 2 is 1.48 bits per heavy atom. The number of aromatic nitrogens is 1. The predicted molar refractivity (Wildman–Crippen MR) is 92.5 cm³/mol. The van der Waals surface area contributed by atoms with Gasteiger partial charge in [-0.3, -0.25) is 0 Å². The highest BCUT2D eigenvalue weighted by Gasteiger charge is 2.08. The Bertz CT molecular complexity index is 736. The summed E-state index contributed by atoms with van der Waals surface area (Å²) in [5.74, 6) is 0. The van der Waals surface area contributed by atoms with E-state index in [4.69, 9.17) is 0 Å². The molecular weight excluding hydrogens is 274 g/mol. The molecule has 3 aromatic rings. The summed E-state index contributed by atoms with van der Waals surface area (Å²) in [4.78, 5) is 1.29. The van der Waals surface area contributed by atoms with Crippen molar-refractivity contribution in [1.82, 2.24) is 4.57 Å². The highest BCUT2D eigenvalue weighted by atomic mass is 32.2. The fraction of sp³-hybridized carbons (Fsp3) is 0.158. The van der Waals surface area contributed by atoms with Gasteiger partial charge in [0.05, 0.1) is 5.69 Å². The highest BCUT2D eigenvalue weighted by molar-refractivity contribution is 7.98. The molecule has 1 aromatic heterocycles. The topological polar surface area (TPSA) is 4.93 Å². The van der Waals surface area contributed by atoms with Crippen LogP contribution in [0.2, 0.25) is 0 Å². The average molecular weight is 293 g/mol. The summed E-state index contributed by atoms with van der Waals surface area (Å²) in [5.41, 5.74) is 6.26. The summed E-state index contributed by atoms with van der Waals surface area (Å²) in [6.07, 6.45) is 4.30. The Balaban J connectivity index is 2.08. The van der Waals surface area contributed by atoms with E-state index in [1.165, 1.54) is 33.0 Å². The van der Waals surface area contributed by atoms with Gasteiger partial charge in [-0.1, -0.05) is 29.8 Å². The van der Waals surface area contributed by atoms with Gasteiger partial charge in [-0.05, 0) is 61.6 Å². The zero-order valence-electron chi connectivity index (χ0n) is 12.6. The molecule has 0 bridgehead atoms. The smallest absolute Gasteiger partial charge is 0.0531 e. The molecule has 0 saturated carbocycles. The van der Waals surface area contributed by atoms with Crippen molar-refractivity contribution in [2.45, 2.75) is 18.7 Å². The maximum absolute atomic E-state index is 2.27. The Labute approximate surface area is 130 Å². The number of hydrogen-bond acceptors (Lipinski definition) is 1. The maximum atomic E-state index is 2.27. The molecule has 0 saturated heterocycles. The first-order valence-electron chi connectivity index (χ1n) is 7.08. The second kappa shape index (κ2) is 5.82. The summed E-state index contributed by atoms with van der Waals surface area (Å²) < 4.78 is 2.27. The second-order valence-electron chi connectivity index (χ2n) is 5.34. The fourth-order valence-corrected chi connectivity index (χ4v) is 2.91. The molecule has 0 atom stereocenters. The van der Waals surface area contributed by atoms with Gasteiger partial charge in [-0.25, -0.2) is 0 Å². The predicted octanol–water partition coefficient (Wildman–Crippen LogP) is 5.48. The van der Waals surface area contributed by atoms with Gasteiger partial charge in [-0.15, -0.1) is 11.8 Å². The molecule has 0 unspecified atom stereocenters. The third-order valence-electron chi connectivity index (χ3n) is 3.65. The number of benzene rings is 2. The van der Waals surface area contributed by atoms with Crippen LogP contribution < -0.4 is 0 Å². The van der Waals surface area contributed by atoms with Gasteiger partial charge in [-0.2, -0.15) is 0 Å². The summed E-state index contributed by atoms with van der Waals surface area (Å²) in [7, 11) is 0. The summed E-state index contributed by atoms with van der Waals surface area (Å²) in [6, 6.07) is 19.7. The number of hydrogen-bond donors (Lipinski definition) is 0. The molecule has 0 aliphatic rings. The van der Waals surface area contributed by atoms with Crippen molar-refractivity contribution in [3.63, 3.8) is 0 Å². The van der Waals surface area contributed by atoms with Crippen LogP contribution in [0.3, 0.4) is 0 Å². The number of thioether (sulfide) groups is 1. The quantitative estimate of drug-likeness (QED) is 0.579. The molecule has 2 heteroatoms. The molecule has 0 N–H and O–H groups in total. The van der Waals surface area contributed by atoms with Gasteiger partial charge in [0.25, 0.3) is 0 Å². The number of rotatable bonds is 3. The van der Waals surface area contributed by atoms with E-state index in [9.17, 15) is 0 Å². The van der Waals surface area contributed by atoms with Crippen LogP contribution >= 0.6 is 11.8 Å². The molecule has 3 rings (SSSR count). The standard InChI is InChI=1S/C19H19NS/c1-14-4-6-16(7-5-14)19-12-15(2)13-20(19)17-8-10-18(21-3)11-9-17/h4-13H,1-3H3. The van der Waals surface area contributed by atoms with Crippen molar-refractivity contribution in [2.75, 3.05) is 6.26 Å². The normalized spacial score (nSPS) is 10.8. The first-order chi connectivity index (χ1) is 10.2. The highest BCUT2D eigenvalue weighted by Crippen LogP contribution is 2.27. The minimum Gasteiger partial charge on any atom is -0.316 e. The lowest BCUT2D eigenvalue weighted by molar-refractivity contribution is 1.08. The van der Waals surface area contributed by atoms with Gasteiger partial charge in [0.15, 0.2) is 0 Å². The molecule has 106 valence electrons. The molecule has 0 spiro atoms. The third kappa shape index (κ3) is 2.91. The van der Waals surface area contributed by atoms with Crippen molar-refractivity contribution >= 4 is 11.8 Å².